The highest BCUT2D eigenvalue weighted by Gasteiger charge is 2.55. The monoisotopic (exact) mass is 606 g/mol. The number of ether oxygens (including phenoxy) is 2. The molecule has 0 bridgehead atoms. The average molecular weight is 607 g/mol. The number of nitrogens with one attached hydrogen (secondary N) is 1. The van der Waals surface area contributed by atoms with E-state index in [0.717, 1.165) is 0 Å². The number of hydrogen-bond donors (Lipinski definition) is 1. The van der Waals surface area contributed by atoms with Crippen LogP contribution in [0.2, 0.25) is 10.0 Å². The molecule has 4 aromatic rings. The van der Waals surface area contributed by atoms with Crippen molar-refractivity contribution < 1.29 is 22.3 Å². The Morgan fingerprint density at radius 3 is 2.40 bits per heavy atom. The third-order valence-corrected chi connectivity index (χ3v) is 9.19. The zero-order valence-corrected chi connectivity index (χ0v) is 24.1. The van der Waals surface area contributed by atoms with E-state index in [4.69, 9.17) is 32.7 Å². The van der Waals surface area contributed by atoms with E-state index in [9.17, 15) is 8.42 Å². The van der Waals surface area contributed by atoms with Crippen molar-refractivity contribution in [2.24, 2.45) is 5.41 Å². The fourth-order valence-electron chi connectivity index (χ4n) is 5.40. The Bertz CT molecular complexity index is 1720. The van der Waals surface area contributed by atoms with Gasteiger partial charge in [-0.2, -0.15) is 5.10 Å². The van der Waals surface area contributed by atoms with Gasteiger partial charge >= 0.3 is 0 Å². The number of fused-ring (bicyclic) bond motifs is 1. The summed E-state index contributed by atoms with van der Waals surface area (Å²) in [6, 6.07) is 4.91. The lowest BCUT2D eigenvalue weighted by Gasteiger charge is -2.59. The maximum absolute atomic E-state index is 15.3. The predicted octanol–water partition coefficient (Wildman–Crippen LogP) is 4.70. The summed E-state index contributed by atoms with van der Waals surface area (Å²) in [5.74, 6) is 0.641. The van der Waals surface area contributed by atoms with Gasteiger partial charge in [-0.25, -0.2) is 22.1 Å². The molecule has 3 aromatic heterocycles. The van der Waals surface area contributed by atoms with Gasteiger partial charge < -0.3 is 14.4 Å². The average Bonchev–Trinajstić information content (AvgIpc) is 3.24. The number of nitrogens with zero attached hydrogens (tertiary/aromatic N) is 5. The highest BCUT2D eigenvalue weighted by molar-refractivity contribution is 7.88. The number of methoxy groups -OCH3 is 1. The first-order chi connectivity index (χ1) is 19.0. The highest BCUT2D eigenvalue weighted by Crippen LogP contribution is 2.44. The van der Waals surface area contributed by atoms with E-state index in [-0.39, 0.29) is 11.2 Å². The number of aromatic amines is 1. The zero-order valence-electron chi connectivity index (χ0n) is 21.8. The summed E-state index contributed by atoms with van der Waals surface area (Å²) in [5, 5.41) is 8.81. The summed E-state index contributed by atoms with van der Waals surface area (Å²) in [6.07, 6.45) is 5.25. The van der Waals surface area contributed by atoms with Crippen LogP contribution in [0, 0.1) is 11.2 Å². The van der Waals surface area contributed by atoms with E-state index in [1.54, 1.807) is 18.3 Å². The van der Waals surface area contributed by atoms with E-state index in [1.807, 2.05) is 11.8 Å². The van der Waals surface area contributed by atoms with Gasteiger partial charge in [0.25, 0.3) is 0 Å². The SMILES string of the molecule is COc1cc2[nH]nc(-c3cnc(N4CC5(C4)CN(S(C)(=O)=O)C5)c(F)c3)c2cc1OC(C)c1c(Cl)cncc1Cl. The molecule has 1 unspecified atom stereocenters. The molecule has 2 aliphatic heterocycles. The lowest BCUT2D eigenvalue weighted by molar-refractivity contribution is 0.0390. The smallest absolute Gasteiger partial charge is 0.211 e. The molecular weight excluding hydrogens is 582 g/mol. The fourth-order valence-corrected chi connectivity index (χ4v) is 7.09. The van der Waals surface area contributed by atoms with Crippen molar-refractivity contribution in [2.75, 3.05) is 44.4 Å². The number of pyridine rings is 2. The highest BCUT2D eigenvalue weighted by atomic mass is 35.5. The molecular formula is C26H25Cl2FN6O4S. The van der Waals surface area contributed by atoms with Crippen LogP contribution in [0.4, 0.5) is 10.2 Å². The molecule has 1 spiro atoms. The standard InChI is InChI=1S/C26H25Cl2FN6O4S/c1-14(23-17(27)8-30-9-18(23)28)39-22-5-16-20(6-21(22)38-2)32-33-24(16)15-4-19(29)25(31-7-15)34-10-26(11-34)12-35(13-26)40(3,36)37/h4-9,14H,10-13H2,1-3H3,(H,32,33). The van der Waals surface area contributed by atoms with Crippen LogP contribution in [-0.4, -0.2) is 72.4 Å². The summed E-state index contributed by atoms with van der Waals surface area (Å²) >= 11 is 12.6. The minimum Gasteiger partial charge on any atom is -0.493 e. The molecule has 0 amide bonds. The molecule has 2 aliphatic rings. The zero-order chi connectivity index (χ0) is 28.4. The number of rotatable bonds is 7. The van der Waals surface area contributed by atoms with Crippen LogP contribution in [-0.2, 0) is 10.0 Å². The Morgan fingerprint density at radius 1 is 1.07 bits per heavy atom. The van der Waals surface area contributed by atoms with E-state index in [0.29, 0.717) is 75.4 Å². The number of H-pyrrole nitrogens is 1. The van der Waals surface area contributed by atoms with Gasteiger partial charge in [0.1, 0.15) is 11.8 Å². The van der Waals surface area contributed by atoms with E-state index in [2.05, 4.69) is 20.2 Å². The predicted molar refractivity (Wildman–Crippen MR) is 150 cm³/mol. The van der Waals surface area contributed by atoms with Crippen LogP contribution in [0.3, 0.4) is 0 Å². The topological polar surface area (TPSA) is 114 Å². The van der Waals surface area contributed by atoms with Crippen LogP contribution in [0.15, 0.2) is 36.8 Å². The van der Waals surface area contributed by atoms with Crippen molar-refractivity contribution in [1.82, 2.24) is 24.5 Å². The first-order valence-electron chi connectivity index (χ1n) is 12.4. The number of anilines is 1. The first kappa shape index (κ1) is 27.0. The fraction of sp³-hybridized carbons (Fsp3) is 0.346. The molecule has 2 saturated heterocycles. The number of aromatic nitrogens is 4. The molecule has 210 valence electrons. The van der Waals surface area contributed by atoms with Gasteiger partial charge in [-0.15, -0.1) is 0 Å². The maximum atomic E-state index is 15.3. The van der Waals surface area contributed by atoms with Gasteiger partial charge in [0.2, 0.25) is 10.0 Å². The molecule has 40 heavy (non-hydrogen) atoms. The Balaban J connectivity index is 1.25. The molecule has 2 fully saturated rings. The Hall–Kier alpha value is -3.19. The third kappa shape index (κ3) is 4.62. The normalized spacial score (nSPS) is 17.5. The van der Waals surface area contributed by atoms with Gasteiger partial charge in [0.05, 0.1) is 28.9 Å². The van der Waals surface area contributed by atoms with Gasteiger partial charge in [-0.3, -0.25) is 10.1 Å². The van der Waals surface area contributed by atoms with Crippen molar-refractivity contribution in [3.05, 3.63) is 58.2 Å². The summed E-state index contributed by atoms with van der Waals surface area (Å²) in [7, 11) is -1.67. The molecule has 14 heteroatoms. The quantitative estimate of drug-likeness (QED) is 0.322. The van der Waals surface area contributed by atoms with Crippen molar-refractivity contribution in [3.63, 3.8) is 0 Å². The van der Waals surface area contributed by atoms with Crippen molar-refractivity contribution in [1.29, 1.82) is 0 Å². The van der Waals surface area contributed by atoms with Crippen molar-refractivity contribution in [2.45, 2.75) is 13.0 Å². The number of benzene rings is 1. The maximum Gasteiger partial charge on any atom is 0.211 e. The van der Waals surface area contributed by atoms with Crippen LogP contribution < -0.4 is 14.4 Å². The summed E-state index contributed by atoms with van der Waals surface area (Å²) in [4.78, 5) is 10.2. The number of hydrogen-bond acceptors (Lipinski definition) is 8. The lowest BCUT2D eigenvalue weighted by Crippen LogP contribution is -2.73. The van der Waals surface area contributed by atoms with Crippen molar-refractivity contribution >= 4 is 49.9 Å². The third-order valence-electron chi connectivity index (χ3n) is 7.39. The minimum absolute atomic E-state index is 0.133. The second-order valence-corrected chi connectivity index (χ2v) is 13.1. The second-order valence-electron chi connectivity index (χ2n) is 10.3. The molecule has 1 atom stereocenters. The summed E-state index contributed by atoms with van der Waals surface area (Å²) in [5.41, 5.74) is 2.11. The molecule has 1 N–H and O–H groups in total. The Kier molecular flexibility index (Phi) is 6.56. The number of sulfonamides is 1. The van der Waals surface area contributed by atoms with Crippen LogP contribution >= 0.6 is 23.2 Å². The van der Waals surface area contributed by atoms with Crippen LogP contribution in [0.25, 0.3) is 22.2 Å². The molecule has 0 aliphatic carbocycles. The molecule has 0 radical (unpaired) electrons. The van der Waals surface area contributed by atoms with Gasteiger partial charge in [-0.05, 0) is 19.1 Å². The second kappa shape index (κ2) is 9.72. The Labute approximate surface area is 240 Å². The molecule has 5 heterocycles. The first-order valence-corrected chi connectivity index (χ1v) is 15.0. The van der Waals surface area contributed by atoms with Crippen molar-refractivity contribution in [3.8, 4) is 22.8 Å². The van der Waals surface area contributed by atoms with E-state index >= 15 is 4.39 Å². The molecule has 1 aromatic carbocycles. The van der Waals surface area contributed by atoms with E-state index < -0.39 is 21.9 Å². The van der Waals surface area contributed by atoms with E-state index in [1.165, 1.54) is 36.1 Å². The molecule has 0 saturated carbocycles. The summed E-state index contributed by atoms with van der Waals surface area (Å²) < 4.78 is 51.8. The summed E-state index contributed by atoms with van der Waals surface area (Å²) in [6.45, 7) is 3.82. The van der Waals surface area contributed by atoms with Crippen LogP contribution in [0.5, 0.6) is 11.5 Å². The number of halogens is 3. The largest absolute Gasteiger partial charge is 0.493 e. The minimum atomic E-state index is -3.20. The van der Waals surface area contributed by atoms with Gasteiger partial charge in [0, 0.05) is 72.8 Å². The Morgan fingerprint density at radius 2 is 1.77 bits per heavy atom. The lowest BCUT2D eigenvalue weighted by atomic mass is 9.74. The van der Waals surface area contributed by atoms with Gasteiger partial charge in [-0.1, -0.05) is 23.2 Å². The molecule has 6 rings (SSSR count). The van der Waals surface area contributed by atoms with Gasteiger partial charge in [0.15, 0.2) is 23.1 Å². The van der Waals surface area contributed by atoms with Crippen LogP contribution in [0.1, 0.15) is 18.6 Å². The molecule has 10 nitrogen and oxygen atoms in total.